The lowest BCUT2D eigenvalue weighted by Crippen LogP contribution is -2.40. The molecule has 1 amide bonds. The highest BCUT2D eigenvalue weighted by molar-refractivity contribution is 14.1. The van der Waals surface area contributed by atoms with E-state index in [-0.39, 0.29) is 5.91 Å². The van der Waals surface area contributed by atoms with Gasteiger partial charge >= 0.3 is 5.97 Å². The van der Waals surface area contributed by atoms with Crippen LogP contribution in [-0.2, 0) is 4.79 Å². The van der Waals surface area contributed by atoms with Gasteiger partial charge in [-0.2, -0.15) is 0 Å². The highest BCUT2D eigenvalue weighted by Gasteiger charge is 2.22. The number of hydrogen-bond donors (Lipinski definition) is 2. The summed E-state index contributed by atoms with van der Waals surface area (Å²) in [6, 6.07) is 5.19. The lowest BCUT2D eigenvalue weighted by atomic mass is 10.0. The Morgan fingerprint density at radius 1 is 1.33 bits per heavy atom. The molecule has 18 heavy (non-hydrogen) atoms. The van der Waals surface area contributed by atoms with E-state index in [0.29, 0.717) is 5.56 Å². The zero-order valence-corrected chi connectivity index (χ0v) is 12.7. The average molecular weight is 361 g/mol. The van der Waals surface area contributed by atoms with Crippen LogP contribution in [0.1, 0.15) is 29.8 Å². The fourth-order valence-electron chi connectivity index (χ4n) is 1.44. The number of benzene rings is 1. The Bertz CT molecular complexity index is 473. The quantitative estimate of drug-likeness (QED) is 0.810. The van der Waals surface area contributed by atoms with Crippen LogP contribution < -0.4 is 5.32 Å². The third-order valence-corrected chi connectivity index (χ3v) is 3.81. The lowest BCUT2D eigenvalue weighted by molar-refractivity contribution is -0.141. The third kappa shape index (κ3) is 3.69. The zero-order chi connectivity index (χ0) is 13.9. The van der Waals surface area contributed by atoms with Gasteiger partial charge in [0.05, 0.1) is 11.5 Å². The SMILES string of the molecule is Cc1ccc(I)c(C(=O)NC(C)C(C)C(=O)O)c1. The lowest BCUT2D eigenvalue weighted by Gasteiger charge is -2.18. The number of aryl methyl sites for hydroxylation is 1. The van der Waals surface area contributed by atoms with E-state index in [4.69, 9.17) is 5.11 Å². The average Bonchev–Trinajstić information content (AvgIpc) is 2.30. The number of carboxylic acid groups (broad SMARTS) is 1. The summed E-state index contributed by atoms with van der Waals surface area (Å²) in [7, 11) is 0. The molecule has 0 bridgehead atoms. The molecule has 2 atom stereocenters. The standard InChI is InChI=1S/C13H16INO3/c1-7-4-5-11(14)10(6-7)12(16)15-9(3)8(2)13(17)18/h4-6,8-9H,1-3H3,(H,15,16)(H,17,18). The molecule has 0 aliphatic carbocycles. The van der Waals surface area contributed by atoms with Crippen LogP contribution in [0.25, 0.3) is 0 Å². The van der Waals surface area contributed by atoms with E-state index in [1.807, 2.05) is 19.1 Å². The first-order valence-electron chi connectivity index (χ1n) is 5.62. The van der Waals surface area contributed by atoms with Crippen molar-refractivity contribution in [1.29, 1.82) is 0 Å². The molecule has 4 nitrogen and oxygen atoms in total. The molecule has 1 aromatic carbocycles. The number of rotatable bonds is 4. The van der Waals surface area contributed by atoms with Crippen LogP contribution in [0.4, 0.5) is 0 Å². The highest BCUT2D eigenvalue weighted by Crippen LogP contribution is 2.15. The molecule has 0 aliphatic heterocycles. The van der Waals surface area contributed by atoms with Crippen molar-refractivity contribution in [2.24, 2.45) is 5.92 Å². The number of carbonyl (C=O) groups excluding carboxylic acids is 1. The summed E-state index contributed by atoms with van der Waals surface area (Å²) in [4.78, 5) is 22.9. The molecule has 0 saturated heterocycles. The molecule has 0 spiro atoms. The summed E-state index contributed by atoms with van der Waals surface area (Å²) in [5.41, 5.74) is 1.58. The Balaban J connectivity index is 2.82. The van der Waals surface area contributed by atoms with Gasteiger partial charge in [0, 0.05) is 9.61 Å². The van der Waals surface area contributed by atoms with E-state index in [0.717, 1.165) is 9.13 Å². The molecule has 2 N–H and O–H groups in total. The Kier molecular flexibility index (Phi) is 5.13. The monoisotopic (exact) mass is 361 g/mol. The summed E-state index contributed by atoms with van der Waals surface area (Å²) < 4.78 is 0.853. The predicted octanol–water partition coefficient (Wildman–Crippen LogP) is 2.44. The Morgan fingerprint density at radius 3 is 2.50 bits per heavy atom. The molecule has 0 aromatic heterocycles. The van der Waals surface area contributed by atoms with Crippen LogP contribution in [0, 0.1) is 16.4 Å². The minimum Gasteiger partial charge on any atom is -0.481 e. The third-order valence-electron chi connectivity index (χ3n) is 2.86. The van der Waals surface area contributed by atoms with Gasteiger partial charge in [0.1, 0.15) is 0 Å². The number of carboxylic acids is 1. The van der Waals surface area contributed by atoms with Gasteiger partial charge in [-0.05, 0) is 55.5 Å². The second-order valence-electron chi connectivity index (χ2n) is 4.37. The molecular formula is C13H16INO3. The normalized spacial score (nSPS) is 13.8. The van der Waals surface area contributed by atoms with E-state index in [9.17, 15) is 9.59 Å². The van der Waals surface area contributed by atoms with Crippen molar-refractivity contribution < 1.29 is 14.7 Å². The molecule has 0 saturated carbocycles. The molecule has 0 aliphatic rings. The van der Waals surface area contributed by atoms with Gasteiger partial charge in [0.25, 0.3) is 5.91 Å². The molecule has 5 heteroatoms. The highest BCUT2D eigenvalue weighted by atomic mass is 127. The molecule has 0 radical (unpaired) electrons. The topological polar surface area (TPSA) is 66.4 Å². The van der Waals surface area contributed by atoms with Crippen LogP contribution in [0.5, 0.6) is 0 Å². The smallest absolute Gasteiger partial charge is 0.308 e. The zero-order valence-electron chi connectivity index (χ0n) is 10.5. The first kappa shape index (κ1) is 14.9. The molecule has 1 rings (SSSR count). The largest absolute Gasteiger partial charge is 0.481 e. The van der Waals surface area contributed by atoms with Crippen LogP contribution in [0.3, 0.4) is 0 Å². The Labute approximate surface area is 120 Å². The number of hydrogen-bond acceptors (Lipinski definition) is 2. The van der Waals surface area contributed by atoms with Gasteiger partial charge in [-0.15, -0.1) is 0 Å². The second-order valence-corrected chi connectivity index (χ2v) is 5.53. The molecule has 0 fully saturated rings. The minimum absolute atomic E-state index is 0.233. The first-order chi connectivity index (χ1) is 8.32. The van der Waals surface area contributed by atoms with Gasteiger partial charge in [-0.1, -0.05) is 11.6 Å². The summed E-state index contributed by atoms with van der Waals surface area (Å²) in [6.45, 7) is 5.18. The van der Waals surface area contributed by atoms with E-state index < -0.39 is 17.9 Å². The molecule has 1 aromatic rings. The van der Waals surface area contributed by atoms with Crippen molar-refractivity contribution in [3.63, 3.8) is 0 Å². The Hall–Kier alpha value is -1.11. The number of halogens is 1. The molecular weight excluding hydrogens is 345 g/mol. The molecule has 2 unspecified atom stereocenters. The molecule has 0 heterocycles. The van der Waals surface area contributed by atoms with Crippen molar-refractivity contribution in [3.05, 3.63) is 32.9 Å². The number of amides is 1. The summed E-state index contributed by atoms with van der Waals surface area (Å²) in [6.07, 6.45) is 0. The van der Waals surface area contributed by atoms with Gasteiger partial charge in [0.15, 0.2) is 0 Å². The maximum absolute atomic E-state index is 12.0. The summed E-state index contributed by atoms with van der Waals surface area (Å²) >= 11 is 2.09. The van der Waals surface area contributed by atoms with Crippen molar-refractivity contribution >= 4 is 34.5 Å². The van der Waals surface area contributed by atoms with Crippen LogP contribution in [-0.4, -0.2) is 23.0 Å². The first-order valence-corrected chi connectivity index (χ1v) is 6.70. The number of aliphatic carboxylic acids is 1. The number of carbonyl (C=O) groups is 2. The van der Waals surface area contributed by atoms with Gasteiger partial charge in [-0.25, -0.2) is 0 Å². The van der Waals surface area contributed by atoms with Crippen molar-refractivity contribution in [2.75, 3.05) is 0 Å². The van der Waals surface area contributed by atoms with E-state index in [1.54, 1.807) is 19.9 Å². The number of nitrogens with one attached hydrogen (secondary N) is 1. The van der Waals surface area contributed by atoms with Crippen molar-refractivity contribution in [1.82, 2.24) is 5.32 Å². The maximum Gasteiger partial charge on any atom is 0.308 e. The van der Waals surface area contributed by atoms with Crippen molar-refractivity contribution in [2.45, 2.75) is 26.8 Å². The summed E-state index contributed by atoms with van der Waals surface area (Å²) in [5, 5.41) is 11.6. The van der Waals surface area contributed by atoms with Gasteiger partial charge in [-0.3, -0.25) is 9.59 Å². The van der Waals surface area contributed by atoms with Crippen molar-refractivity contribution in [3.8, 4) is 0 Å². The second kappa shape index (κ2) is 6.17. The summed E-state index contributed by atoms with van der Waals surface area (Å²) in [5.74, 6) is -1.76. The maximum atomic E-state index is 12.0. The Morgan fingerprint density at radius 2 is 1.94 bits per heavy atom. The fraction of sp³-hybridized carbons (Fsp3) is 0.385. The van der Waals surface area contributed by atoms with Gasteiger partial charge < -0.3 is 10.4 Å². The van der Waals surface area contributed by atoms with E-state index in [1.165, 1.54) is 0 Å². The van der Waals surface area contributed by atoms with Crippen LogP contribution >= 0.6 is 22.6 Å². The van der Waals surface area contributed by atoms with Crippen LogP contribution in [0.15, 0.2) is 18.2 Å². The fourth-order valence-corrected chi connectivity index (χ4v) is 2.02. The predicted molar refractivity (Wildman–Crippen MR) is 77.6 cm³/mol. The van der Waals surface area contributed by atoms with Crippen LogP contribution in [0.2, 0.25) is 0 Å². The van der Waals surface area contributed by atoms with E-state index >= 15 is 0 Å². The van der Waals surface area contributed by atoms with Gasteiger partial charge in [0.2, 0.25) is 0 Å². The minimum atomic E-state index is -0.915. The molecule has 98 valence electrons. The van der Waals surface area contributed by atoms with E-state index in [2.05, 4.69) is 27.9 Å².